The fraction of sp³-hybridized carbons (Fsp3) is 0.591. The number of amides is 11. The smallest absolute Gasteiger partial charge is 0.410 e. The Labute approximate surface area is 551 Å². The molecule has 26 nitrogen and oxygen atoms in total. The summed E-state index contributed by atoms with van der Waals surface area (Å²) >= 11 is 1.16. The van der Waals surface area contributed by atoms with Crippen molar-refractivity contribution in [3.63, 3.8) is 0 Å². The van der Waals surface area contributed by atoms with E-state index in [0.29, 0.717) is 42.6 Å². The van der Waals surface area contributed by atoms with Crippen LogP contribution in [0.3, 0.4) is 0 Å². The summed E-state index contributed by atoms with van der Waals surface area (Å²) in [6, 6.07) is 11.8. The van der Waals surface area contributed by atoms with Crippen molar-refractivity contribution in [3.8, 4) is 0 Å². The van der Waals surface area contributed by atoms with E-state index in [0.717, 1.165) is 28.8 Å². The van der Waals surface area contributed by atoms with Gasteiger partial charge in [-0.15, -0.1) is 0 Å². The molecule has 4 rings (SSSR count). The highest BCUT2D eigenvalue weighted by molar-refractivity contribution is 7.99. The van der Waals surface area contributed by atoms with Crippen LogP contribution < -0.4 is 26.6 Å². The number of likely N-dealkylation sites (N-methyl/N-ethyl adjacent to an activating group) is 2. The number of aliphatic hydroxyl groups is 1. The molecule has 6 N–H and O–H groups in total. The van der Waals surface area contributed by atoms with Crippen LogP contribution in [0.4, 0.5) is 10.5 Å². The Balaban J connectivity index is 1.25. The minimum Gasteiger partial charge on any atom is -0.445 e. The summed E-state index contributed by atoms with van der Waals surface area (Å²) in [6.45, 7) is 22.7. The molecule has 0 saturated carbocycles. The molecule has 2 aliphatic rings. The summed E-state index contributed by atoms with van der Waals surface area (Å²) in [5.41, 5.74) is 1.59. The Morgan fingerprint density at radius 3 is 1.92 bits per heavy atom. The minimum absolute atomic E-state index is 0.0113. The van der Waals surface area contributed by atoms with Crippen molar-refractivity contribution < 1.29 is 72.1 Å². The van der Waals surface area contributed by atoms with Crippen molar-refractivity contribution in [2.24, 2.45) is 23.7 Å². The molecule has 0 aromatic heterocycles. The Morgan fingerprint density at radius 2 is 1.35 bits per heavy atom. The molecule has 10 atom stereocenters. The molecule has 2 unspecified atom stereocenters. The van der Waals surface area contributed by atoms with E-state index in [9.17, 15) is 57.8 Å². The van der Waals surface area contributed by atoms with Gasteiger partial charge in [-0.3, -0.25) is 52.8 Å². The molecule has 2 aliphatic heterocycles. The highest BCUT2D eigenvalue weighted by Crippen LogP contribution is 2.30. The normalized spacial score (nSPS) is 16.9. The second kappa shape index (κ2) is 38.3. The van der Waals surface area contributed by atoms with Gasteiger partial charge in [-0.05, 0) is 79.9 Å². The van der Waals surface area contributed by atoms with E-state index in [1.165, 1.54) is 33.8 Å². The third-order valence-electron chi connectivity index (χ3n) is 16.7. The maximum absolute atomic E-state index is 14.4. The third kappa shape index (κ3) is 23.0. The van der Waals surface area contributed by atoms with Crippen LogP contribution in [0.1, 0.15) is 112 Å². The number of rotatable bonds is 35. The Kier molecular flexibility index (Phi) is 32.0. The Bertz CT molecular complexity index is 2860. The summed E-state index contributed by atoms with van der Waals surface area (Å²) in [6.07, 6.45) is 0.915. The van der Waals surface area contributed by atoms with Gasteiger partial charge in [0, 0.05) is 52.2 Å². The number of methoxy groups -OCH3 is 1. The zero-order valence-corrected chi connectivity index (χ0v) is 56.9. The Morgan fingerprint density at radius 1 is 0.742 bits per heavy atom. The van der Waals surface area contributed by atoms with Gasteiger partial charge in [0.05, 0.1) is 87.6 Å². The quantitative estimate of drug-likeness (QED) is 0.0420. The van der Waals surface area contributed by atoms with Crippen LogP contribution in [0.2, 0.25) is 0 Å². The van der Waals surface area contributed by atoms with Crippen LogP contribution in [0.5, 0.6) is 0 Å². The van der Waals surface area contributed by atoms with Gasteiger partial charge >= 0.3 is 6.09 Å². The van der Waals surface area contributed by atoms with E-state index >= 15 is 0 Å². The molecular weight excluding hydrogens is 1220 g/mol. The molecule has 93 heavy (non-hydrogen) atoms. The minimum atomic E-state index is -1.04. The predicted octanol–water partition coefficient (Wildman–Crippen LogP) is 4.01. The van der Waals surface area contributed by atoms with Crippen LogP contribution in [-0.2, 0) is 68.8 Å². The number of carbonyl (C=O) groups excluding carboxylic acids is 11. The number of likely N-dealkylation sites (tertiary alicyclic amines) is 1. The number of thioether (sulfide) groups is 1. The molecule has 2 heterocycles. The monoisotopic (exact) mass is 1320 g/mol. The first kappa shape index (κ1) is 77.6. The molecule has 0 aliphatic carbocycles. The molecule has 11 amide bonds. The average molecular weight is 1320 g/mol. The van der Waals surface area contributed by atoms with Crippen LogP contribution in [0.25, 0.3) is 0 Å². The fourth-order valence-corrected chi connectivity index (χ4v) is 12.1. The molecule has 27 heteroatoms. The van der Waals surface area contributed by atoms with Crippen LogP contribution >= 0.6 is 11.8 Å². The zero-order chi connectivity index (χ0) is 69.2. The van der Waals surface area contributed by atoms with Gasteiger partial charge in [0.2, 0.25) is 59.1 Å². The SMILES string of the molecule is C=CC(=O)N1CN(C(=O)C=C)CN(C(=O)CCSCC(=O)NC(C(=O)NCC(=O)Nc2ccc(COC(=O)N(C)C(C(=O)NCC(=O)N(C)[C@@H]([C@@H](C)CC)[C@@H](CC(=O)N3CCC[C@H]3[C@H](OC)[C@@H](C)C(=O)N[C@H](C)[C@@H](O)c3ccccc3)OCC)C(C)C)cc2)C(C)C)C1. The third-order valence-corrected chi connectivity index (χ3v) is 17.7. The highest BCUT2D eigenvalue weighted by atomic mass is 32.2. The number of carbonyl (C=O) groups is 11. The zero-order valence-electron chi connectivity index (χ0n) is 56.1. The van der Waals surface area contributed by atoms with Crippen molar-refractivity contribution >= 4 is 82.6 Å². The average Bonchev–Trinajstić information content (AvgIpc) is 1.91. The van der Waals surface area contributed by atoms with Gasteiger partial charge in [-0.1, -0.05) is 111 Å². The Hall–Kier alpha value is -7.88. The maximum atomic E-state index is 14.4. The second-order valence-electron chi connectivity index (χ2n) is 24.2. The molecule has 2 saturated heterocycles. The van der Waals surface area contributed by atoms with E-state index in [4.69, 9.17) is 14.2 Å². The van der Waals surface area contributed by atoms with Crippen LogP contribution in [0, 0.1) is 23.7 Å². The van der Waals surface area contributed by atoms with Gasteiger partial charge in [0.25, 0.3) is 0 Å². The molecule has 2 aromatic carbocycles. The number of anilines is 1. The van der Waals surface area contributed by atoms with E-state index in [1.54, 1.807) is 89.9 Å². The van der Waals surface area contributed by atoms with Crippen molar-refractivity contribution in [2.75, 3.05) is 84.3 Å². The maximum Gasteiger partial charge on any atom is 0.410 e. The molecule has 0 spiro atoms. The fourth-order valence-electron chi connectivity index (χ4n) is 11.4. The number of hydrogen-bond acceptors (Lipinski definition) is 16. The summed E-state index contributed by atoms with van der Waals surface area (Å²) in [5, 5.41) is 24.5. The number of aliphatic hydroxyl groups excluding tert-OH is 1. The van der Waals surface area contributed by atoms with Crippen LogP contribution in [0.15, 0.2) is 79.9 Å². The summed E-state index contributed by atoms with van der Waals surface area (Å²) in [7, 11) is 4.55. The molecule has 514 valence electrons. The molecule has 0 bridgehead atoms. The molecule has 0 radical (unpaired) electrons. The van der Waals surface area contributed by atoms with Gasteiger partial charge in [-0.25, -0.2) is 4.79 Å². The first-order valence-electron chi connectivity index (χ1n) is 31.7. The van der Waals surface area contributed by atoms with Crippen molar-refractivity contribution in [3.05, 3.63) is 91.0 Å². The number of nitrogens with one attached hydrogen (secondary N) is 5. The lowest BCUT2D eigenvalue weighted by Gasteiger charge is -2.41. The van der Waals surface area contributed by atoms with Gasteiger partial charge < -0.3 is 70.4 Å². The number of hydrogen-bond donors (Lipinski definition) is 6. The first-order valence-corrected chi connectivity index (χ1v) is 32.8. The predicted molar refractivity (Wildman–Crippen MR) is 352 cm³/mol. The van der Waals surface area contributed by atoms with Crippen LogP contribution in [-0.4, -0.2) is 221 Å². The van der Waals surface area contributed by atoms with E-state index in [2.05, 4.69) is 39.7 Å². The molecular formula is C66H99N11O15S. The molecule has 2 aromatic rings. The molecule has 2 fully saturated rings. The van der Waals surface area contributed by atoms with Gasteiger partial charge in [-0.2, -0.15) is 11.8 Å². The van der Waals surface area contributed by atoms with Crippen molar-refractivity contribution in [1.29, 1.82) is 0 Å². The van der Waals surface area contributed by atoms with Crippen molar-refractivity contribution in [2.45, 2.75) is 150 Å². The standard InChI is InChI=1S/C66H99N11O15S/c1-15-43(9)60(50(91-18-4)33-56(83)77-31-22-25-49(77)62(90-14)44(10)63(86)69-45(11)61(85)47-23-20-19-21-24-47)72(12)57(84)35-68-65(88)59(42(7)8)73(13)66(89)92-36-46-26-28-48(29-27-46)70-51(78)34-67-64(87)58(41(5)6)71-52(79)37-93-32-30-55(82)76-39-74(53(80)16-2)38-75(40-76)54(81)17-3/h16-17,19-21,23-24,26-29,41-45,49-50,58-62,85H,2-3,15,18,22,25,30-40H2,1,4-14H3,(H,67,87)(H,68,88)(H,69,86)(H,70,78)(H,71,79)/t43-,44+,45+,49-,50+,58?,59?,60-,61+,62+/m0/s1. The van der Waals surface area contributed by atoms with E-state index in [-0.39, 0.29) is 87.1 Å². The van der Waals surface area contributed by atoms with Crippen molar-refractivity contribution in [1.82, 2.24) is 50.7 Å². The summed E-state index contributed by atoms with van der Waals surface area (Å²) in [5.74, 6) is -5.85. The topological polar surface area (TPSA) is 315 Å². The van der Waals surface area contributed by atoms with E-state index in [1.807, 2.05) is 39.0 Å². The lowest BCUT2D eigenvalue weighted by atomic mass is 9.90. The van der Waals surface area contributed by atoms with Gasteiger partial charge in [0.15, 0.2) is 0 Å². The largest absolute Gasteiger partial charge is 0.445 e. The lowest BCUT2D eigenvalue weighted by Crippen LogP contribution is -2.59. The highest BCUT2D eigenvalue weighted by Gasteiger charge is 2.43. The van der Waals surface area contributed by atoms with Gasteiger partial charge in [0.1, 0.15) is 18.7 Å². The summed E-state index contributed by atoms with van der Waals surface area (Å²) in [4.78, 5) is 154. The van der Waals surface area contributed by atoms with E-state index < -0.39 is 121 Å². The lowest BCUT2D eigenvalue weighted by molar-refractivity contribution is -0.154. The summed E-state index contributed by atoms with van der Waals surface area (Å²) < 4.78 is 17.8. The number of ether oxygens (including phenoxy) is 3. The second-order valence-corrected chi connectivity index (χ2v) is 25.3. The number of benzene rings is 2. The number of nitrogens with zero attached hydrogens (tertiary/aromatic N) is 6. The first-order chi connectivity index (χ1) is 44.1.